The van der Waals surface area contributed by atoms with E-state index in [1.165, 1.54) is 6.07 Å². The molecular formula is C14H22BrFN2O. The highest BCUT2D eigenvalue weighted by molar-refractivity contribution is 9.10. The van der Waals surface area contributed by atoms with Gasteiger partial charge >= 0.3 is 0 Å². The van der Waals surface area contributed by atoms with Crippen LogP contribution in [0, 0.1) is 5.82 Å². The SMILES string of the molecule is COCCN(C)CCNC(C)c1ccc(Br)cc1F. The third kappa shape index (κ3) is 5.99. The van der Waals surface area contributed by atoms with Gasteiger partial charge in [-0.05, 0) is 26.1 Å². The lowest BCUT2D eigenvalue weighted by molar-refractivity contribution is 0.161. The number of benzene rings is 1. The number of nitrogens with one attached hydrogen (secondary N) is 1. The van der Waals surface area contributed by atoms with Crippen molar-refractivity contribution in [2.45, 2.75) is 13.0 Å². The lowest BCUT2D eigenvalue weighted by atomic mass is 10.1. The van der Waals surface area contributed by atoms with Gasteiger partial charge in [0.1, 0.15) is 5.82 Å². The maximum Gasteiger partial charge on any atom is 0.129 e. The van der Waals surface area contributed by atoms with E-state index in [1.807, 2.05) is 26.1 Å². The summed E-state index contributed by atoms with van der Waals surface area (Å²) in [5, 5.41) is 3.33. The number of ether oxygens (including phenoxy) is 1. The summed E-state index contributed by atoms with van der Waals surface area (Å²) in [4.78, 5) is 2.18. The van der Waals surface area contributed by atoms with Gasteiger partial charge in [-0.1, -0.05) is 22.0 Å². The molecule has 0 aliphatic rings. The molecule has 1 unspecified atom stereocenters. The monoisotopic (exact) mass is 332 g/mol. The van der Waals surface area contributed by atoms with Crippen molar-refractivity contribution in [3.05, 3.63) is 34.1 Å². The lowest BCUT2D eigenvalue weighted by Crippen LogP contribution is -2.32. The van der Waals surface area contributed by atoms with Crippen LogP contribution in [-0.2, 0) is 4.74 Å². The molecule has 0 amide bonds. The van der Waals surface area contributed by atoms with Crippen LogP contribution in [0.1, 0.15) is 18.5 Å². The Hall–Kier alpha value is -0.490. The normalized spacial score (nSPS) is 12.9. The number of likely N-dealkylation sites (N-methyl/N-ethyl adjacent to an activating group) is 1. The maximum absolute atomic E-state index is 13.8. The minimum Gasteiger partial charge on any atom is -0.383 e. The van der Waals surface area contributed by atoms with Gasteiger partial charge in [-0.15, -0.1) is 0 Å². The fourth-order valence-corrected chi connectivity index (χ4v) is 2.13. The van der Waals surface area contributed by atoms with Crippen molar-refractivity contribution in [3.63, 3.8) is 0 Å². The molecule has 5 heteroatoms. The van der Waals surface area contributed by atoms with E-state index in [0.717, 1.165) is 30.7 Å². The average Bonchev–Trinajstić information content (AvgIpc) is 2.36. The molecule has 0 aromatic heterocycles. The first kappa shape index (κ1) is 16.6. The molecule has 1 atom stereocenters. The Balaban J connectivity index is 2.36. The standard InChI is InChI=1S/C14H22BrFN2O/c1-11(13-5-4-12(15)10-14(13)16)17-6-7-18(2)8-9-19-3/h4-5,10-11,17H,6-9H2,1-3H3. The summed E-state index contributed by atoms with van der Waals surface area (Å²) in [5.74, 6) is -0.179. The summed E-state index contributed by atoms with van der Waals surface area (Å²) in [6.07, 6.45) is 0. The Labute approximate surface area is 123 Å². The fraction of sp³-hybridized carbons (Fsp3) is 0.571. The summed E-state index contributed by atoms with van der Waals surface area (Å²) >= 11 is 3.26. The lowest BCUT2D eigenvalue weighted by Gasteiger charge is -2.19. The van der Waals surface area contributed by atoms with Crippen LogP contribution in [-0.4, -0.2) is 45.3 Å². The summed E-state index contributed by atoms with van der Waals surface area (Å²) in [6.45, 7) is 5.33. The highest BCUT2D eigenvalue weighted by atomic mass is 79.9. The molecule has 1 aromatic carbocycles. The summed E-state index contributed by atoms with van der Waals surface area (Å²) in [5.41, 5.74) is 0.697. The van der Waals surface area contributed by atoms with Gasteiger partial charge < -0.3 is 15.0 Å². The van der Waals surface area contributed by atoms with Gasteiger partial charge in [0.15, 0.2) is 0 Å². The average molecular weight is 333 g/mol. The van der Waals surface area contributed by atoms with E-state index < -0.39 is 0 Å². The van der Waals surface area contributed by atoms with Crippen LogP contribution < -0.4 is 5.32 Å². The van der Waals surface area contributed by atoms with Crippen molar-refractivity contribution >= 4 is 15.9 Å². The van der Waals surface area contributed by atoms with E-state index in [9.17, 15) is 4.39 Å². The third-order valence-corrected chi connectivity index (χ3v) is 3.54. The molecule has 0 radical (unpaired) electrons. The molecule has 19 heavy (non-hydrogen) atoms. The van der Waals surface area contributed by atoms with Crippen molar-refractivity contribution in [1.82, 2.24) is 10.2 Å². The van der Waals surface area contributed by atoms with Crippen molar-refractivity contribution in [1.29, 1.82) is 0 Å². The summed E-state index contributed by atoms with van der Waals surface area (Å²) in [6, 6.07) is 5.18. The van der Waals surface area contributed by atoms with Gasteiger partial charge in [0.2, 0.25) is 0 Å². The molecule has 1 rings (SSSR count). The van der Waals surface area contributed by atoms with Crippen LogP contribution in [0.5, 0.6) is 0 Å². The molecule has 3 nitrogen and oxygen atoms in total. The fourth-order valence-electron chi connectivity index (χ4n) is 1.79. The second-order valence-corrected chi connectivity index (χ2v) is 5.55. The van der Waals surface area contributed by atoms with Crippen molar-refractivity contribution in [2.75, 3.05) is 40.4 Å². The van der Waals surface area contributed by atoms with Gasteiger partial charge in [0.25, 0.3) is 0 Å². The molecule has 1 N–H and O–H groups in total. The Morgan fingerprint density at radius 1 is 1.42 bits per heavy atom. The molecule has 0 aliphatic carbocycles. The van der Waals surface area contributed by atoms with E-state index in [-0.39, 0.29) is 11.9 Å². The zero-order valence-electron chi connectivity index (χ0n) is 11.7. The minimum absolute atomic E-state index is 0.00363. The van der Waals surface area contributed by atoms with Gasteiger partial charge in [0.05, 0.1) is 6.61 Å². The molecule has 0 spiro atoms. The largest absolute Gasteiger partial charge is 0.383 e. The van der Waals surface area contributed by atoms with Gasteiger partial charge in [-0.2, -0.15) is 0 Å². The van der Waals surface area contributed by atoms with E-state index >= 15 is 0 Å². The van der Waals surface area contributed by atoms with Crippen LogP contribution in [0.15, 0.2) is 22.7 Å². The quantitative estimate of drug-likeness (QED) is 0.792. The molecule has 0 saturated carbocycles. The smallest absolute Gasteiger partial charge is 0.129 e. The Morgan fingerprint density at radius 2 is 2.16 bits per heavy atom. The van der Waals surface area contributed by atoms with E-state index in [1.54, 1.807) is 7.11 Å². The molecule has 1 aromatic rings. The van der Waals surface area contributed by atoms with Crippen molar-refractivity contribution in [2.24, 2.45) is 0 Å². The predicted molar refractivity (Wildman–Crippen MR) is 79.9 cm³/mol. The van der Waals surface area contributed by atoms with Crippen LogP contribution in [0.25, 0.3) is 0 Å². The number of nitrogens with zero attached hydrogens (tertiary/aromatic N) is 1. The molecule has 0 saturated heterocycles. The Morgan fingerprint density at radius 3 is 2.79 bits per heavy atom. The molecule has 108 valence electrons. The number of halogens is 2. The summed E-state index contributed by atoms with van der Waals surface area (Å²) in [7, 11) is 3.75. The van der Waals surface area contributed by atoms with E-state index in [0.29, 0.717) is 5.56 Å². The Kier molecular flexibility index (Phi) is 7.53. The number of hydrogen-bond donors (Lipinski definition) is 1. The number of methoxy groups -OCH3 is 1. The number of hydrogen-bond acceptors (Lipinski definition) is 3. The van der Waals surface area contributed by atoms with Crippen molar-refractivity contribution in [3.8, 4) is 0 Å². The second kappa shape index (κ2) is 8.64. The molecular weight excluding hydrogens is 311 g/mol. The van der Waals surface area contributed by atoms with E-state index in [4.69, 9.17) is 4.74 Å². The maximum atomic E-state index is 13.8. The number of rotatable bonds is 8. The van der Waals surface area contributed by atoms with Crippen LogP contribution in [0.2, 0.25) is 0 Å². The predicted octanol–water partition coefficient (Wildman–Crippen LogP) is 2.82. The Bertz CT molecular complexity index is 390. The first-order valence-electron chi connectivity index (χ1n) is 6.40. The third-order valence-electron chi connectivity index (χ3n) is 3.05. The van der Waals surface area contributed by atoms with Crippen LogP contribution in [0.3, 0.4) is 0 Å². The molecule has 0 fully saturated rings. The van der Waals surface area contributed by atoms with Crippen LogP contribution in [0.4, 0.5) is 4.39 Å². The first-order valence-corrected chi connectivity index (χ1v) is 7.19. The minimum atomic E-state index is -0.179. The van der Waals surface area contributed by atoms with E-state index in [2.05, 4.69) is 26.1 Å². The molecule has 0 heterocycles. The topological polar surface area (TPSA) is 24.5 Å². The van der Waals surface area contributed by atoms with Crippen molar-refractivity contribution < 1.29 is 9.13 Å². The highest BCUT2D eigenvalue weighted by Gasteiger charge is 2.10. The summed E-state index contributed by atoms with van der Waals surface area (Å²) < 4.78 is 19.5. The van der Waals surface area contributed by atoms with Gasteiger partial charge in [0, 0.05) is 42.8 Å². The van der Waals surface area contributed by atoms with Gasteiger partial charge in [-0.25, -0.2) is 4.39 Å². The zero-order valence-corrected chi connectivity index (χ0v) is 13.3. The van der Waals surface area contributed by atoms with Crippen LogP contribution >= 0.6 is 15.9 Å². The molecule has 0 bridgehead atoms. The second-order valence-electron chi connectivity index (χ2n) is 4.64. The molecule has 0 aliphatic heterocycles. The highest BCUT2D eigenvalue weighted by Crippen LogP contribution is 2.20. The zero-order chi connectivity index (χ0) is 14.3. The van der Waals surface area contributed by atoms with Gasteiger partial charge in [-0.3, -0.25) is 0 Å². The first-order chi connectivity index (χ1) is 9.04.